The lowest BCUT2D eigenvalue weighted by atomic mass is 9.74. The van der Waals surface area contributed by atoms with E-state index < -0.39 is 0 Å². The molecule has 0 amide bonds. The third-order valence-electron chi connectivity index (χ3n) is 7.88. The van der Waals surface area contributed by atoms with Crippen LogP contribution in [0.2, 0.25) is 5.02 Å². The molecule has 34 heavy (non-hydrogen) atoms. The average Bonchev–Trinajstić information content (AvgIpc) is 3.42. The molecule has 0 radical (unpaired) electrons. The summed E-state index contributed by atoms with van der Waals surface area (Å²) in [5.41, 5.74) is 8.78. The number of anilines is 2. The molecule has 9 heteroatoms. The SMILES string of the molecule is Cc1nc(N2CCC3(CC2)C[C@@H](C)C[C@H]3N)n2ccnc2c1Sc1ccnc(NC2CC2)c1Cl. The number of pyridine rings is 1. The summed E-state index contributed by atoms with van der Waals surface area (Å²) in [4.78, 5) is 18.6. The lowest BCUT2D eigenvalue weighted by Crippen LogP contribution is -2.47. The highest BCUT2D eigenvalue weighted by atomic mass is 35.5. The Bertz CT molecular complexity index is 1220. The molecular formula is C25H32ClN7S. The van der Waals surface area contributed by atoms with E-state index in [9.17, 15) is 0 Å². The molecule has 2 saturated carbocycles. The number of nitrogens with zero attached hydrogens (tertiary/aromatic N) is 5. The number of hydrogen-bond donors (Lipinski definition) is 2. The maximum atomic E-state index is 6.73. The van der Waals surface area contributed by atoms with Gasteiger partial charge < -0.3 is 16.0 Å². The summed E-state index contributed by atoms with van der Waals surface area (Å²) in [6.07, 6.45) is 12.7. The molecule has 3 aromatic rings. The Hall–Kier alpha value is -2.03. The number of halogens is 1. The van der Waals surface area contributed by atoms with Crippen LogP contribution in [0.15, 0.2) is 34.4 Å². The second kappa shape index (κ2) is 8.57. The minimum Gasteiger partial charge on any atom is -0.366 e. The van der Waals surface area contributed by atoms with Gasteiger partial charge in [-0.1, -0.05) is 30.3 Å². The first-order valence-corrected chi connectivity index (χ1v) is 13.6. The van der Waals surface area contributed by atoms with Crippen molar-refractivity contribution in [3.05, 3.63) is 35.4 Å². The van der Waals surface area contributed by atoms with Gasteiger partial charge in [0.2, 0.25) is 5.95 Å². The van der Waals surface area contributed by atoms with Gasteiger partial charge >= 0.3 is 0 Å². The fourth-order valence-electron chi connectivity index (χ4n) is 5.87. The zero-order chi connectivity index (χ0) is 23.4. The number of aryl methyl sites for hydroxylation is 1. The zero-order valence-electron chi connectivity index (χ0n) is 19.8. The number of nitrogens with two attached hydrogens (primary N) is 1. The van der Waals surface area contributed by atoms with Crippen LogP contribution in [0.3, 0.4) is 0 Å². The molecule has 3 fully saturated rings. The Balaban J connectivity index is 1.28. The highest BCUT2D eigenvalue weighted by molar-refractivity contribution is 7.99. The molecule has 0 unspecified atom stereocenters. The molecule has 1 saturated heterocycles. The van der Waals surface area contributed by atoms with Gasteiger partial charge in [0, 0.05) is 48.7 Å². The molecule has 4 heterocycles. The summed E-state index contributed by atoms with van der Waals surface area (Å²) in [5, 5.41) is 4.09. The van der Waals surface area contributed by atoms with E-state index in [1.54, 1.807) is 11.8 Å². The van der Waals surface area contributed by atoms with Crippen LogP contribution in [0.5, 0.6) is 0 Å². The smallest absolute Gasteiger partial charge is 0.211 e. The minimum absolute atomic E-state index is 0.305. The molecule has 0 bridgehead atoms. The molecule has 6 rings (SSSR count). The van der Waals surface area contributed by atoms with Crippen LogP contribution in [-0.4, -0.2) is 44.5 Å². The maximum absolute atomic E-state index is 6.73. The lowest BCUT2D eigenvalue weighted by molar-refractivity contribution is 0.192. The van der Waals surface area contributed by atoms with Gasteiger partial charge in [0.15, 0.2) is 5.65 Å². The predicted octanol–water partition coefficient (Wildman–Crippen LogP) is 5.16. The van der Waals surface area contributed by atoms with E-state index in [1.165, 1.54) is 19.3 Å². The average molecular weight is 498 g/mol. The van der Waals surface area contributed by atoms with Crippen molar-refractivity contribution in [2.45, 2.75) is 74.2 Å². The highest BCUT2D eigenvalue weighted by Gasteiger charge is 2.46. The second-order valence-electron chi connectivity index (χ2n) is 10.4. The van der Waals surface area contributed by atoms with Crippen LogP contribution >= 0.6 is 23.4 Å². The van der Waals surface area contributed by atoms with Gasteiger partial charge in [-0.15, -0.1) is 0 Å². The van der Waals surface area contributed by atoms with Gasteiger partial charge in [0.05, 0.1) is 15.6 Å². The Morgan fingerprint density at radius 2 is 2.00 bits per heavy atom. The van der Waals surface area contributed by atoms with Crippen LogP contribution in [0, 0.1) is 18.3 Å². The molecule has 3 aliphatic rings. The minimum atomic E-state index is 0.305. The van der Waals surface area contributed by atoms with Crippen LogP contribution in [0.1, 0.15) is 51.1 Å². The van der Waals surface area contributed by atoms with Gasteiger partial charge in [-0.25, -0.2) is 15.0 Å². The Morgan fingerprint density at radius 1 is 1.21 bits per heavy atom. The number of rotatable bonds is 5. The number of piperidine rings is 1. The molecule has 180 valence electrons. The summed E-state index contributed by atoms with van der Waals surface area (Å²) in [7, 11) is 0. The highest BCUT2D eigenvalue weighted by Crippen LogP contribution is 2.48. The van der Waals surface area contributed by atoms with Crippen LogP contribution in [0.25, 0.3) is 5.65 Å². The summed E-state index contributed by atoms with van der Waals surface area (Å²) < 4.78 is 2.13. The number of hydrogen-bond acceptors (Lipinski definition) is 7. The van der Waals surface area contributed by atoms with Crippen LogP contribution in [-0.2, 0) is 0 Å². The quantitative estimate of drug-likeness (QED) is 0.503. The van der Waals surface area contributed by atoms with E-state index in [-0.39, 0.29) is 0 Å². The van der Waals surface area contributed by atoms with E-state index in [2.05, 4.69) is 33.4 Å². The third-order valence-corrected chi connectivity index (χ3v) is 9.62. The fourth-order valence-corrected chi connectivity index (χ4v) is 7.12. The predicted molar refractivity (Wildman–Crippen MR) is 138 cm³/mol. The fraction of sp³-hybridized carbons (Fsp3) is 0.560. The van der Waals surface area contributed by atoms with Crippen molar-refractivity contribution in [2.75, 3.05) is 23.3 Å². The number of aromatic nitrogens is 4. The first kappa shape index (κ1) is 22.4. The molecule has 1 spiro atoms. The van der Waals surface area contributed by atoms with Crippen molar-refractivity contribution in [3.63, 3.8) is 0 Å². The third kappa shape index (κ3) is 3.93. The first-order chi connectivity index (χ1) is 16.4. The van der Waals surface area contributed by atoms with Crippen molar-refractivity contribution in [3.8, 4) is 0 Å². The summed E-state index contributed by atoms with van der Waals surface area (Å²) in [5.74, 6) is 2.47. The van der Waals surface area contributed by atoms with Gasteiger partial charge in [-0.2, -0.15) is 0 Å². The van der Waals surface area contributed by atoms with Gasteiger partial charge in [0.1, 0.15) is 5.82 Å². The monoisotopic (exact) mass is 497 g/mol. The van der Waals surface area contributed by atoms with Crippen LogP contribution < -0.4 is 16.0 Å². The number of imidazole rings is 1. The summed E-state index contributed by atoms with van der Waals surface area (Å²) in [6, 6.07) is 2.79. The molecule has 2 atom stereocenters. The molecule has 0 aromatic carbocycles. The van der Waals surface area contributed by atoms with Gasteiger partial charge in [0.25, 0.3) is 0 Å². The van der Waals surface area contributed by atoms with E-state index in [1.807, 2.05) is 24.7 Å². The van der Waals surface area contributed by atoms with Crippen molar-refractivity contribution >= 4 is 40.8 Å². The Morgan fingerprint density at radius 3 is 2.71 bits per heavy atom. The molecule has 3 N–H and O–H groups in total. The molecule has 2 aliphatic carbocycles. The topological polar surface area (TPSA) is 84.4 Å². The molecule has 1 aliphatic heterocycles. The summed E-state index contributed by atoms with van der Waals surface area (Å²) >= 11 is 8.35. The van der Waals surface area contributed by atoms with Crippen molar-refractivity contribution in [2.24, 2.45) is 17.1 Å². The standard InChI is InChI=1S/C25H32ClN7S/c1-15-13-19(27)25(14-15)6-10-32(11-7-25)24-30-16(2)21(23-29-9-12-33(23)24)34-18-5-8-28-22(20(18)26)31-17-3-4-17/h5,8-9,12,15,17,19H,3-4,6-7,10-11,13-14,27H2,1-2H3,(H,28,31)/t15-,19+/m0/s1. The van der Waals surface area contributed by atoms with Crippen molar-refractivity contribution in [1.29, 1.82) is 0 Å². The Kier molecular flexibility index (Phi) is 5.66. The molecule has 7 nitrogen and oxygen atoms in total. The van der Waals surface area contributed by atoms with E-state index in [4.69, 9.17) is 27.3 Å². The van der Waals surface area contributed by atoms with E-state index in [0.29, 0.717) is 22.5 Å². The maximum Gasteiger partial charge on any atom is 0.211 e. The summed E-state index contributed by atoms with van der Waals surface area (Å²) in [6.45, 7) is 6.38. The van der Waals surface area contributed by atoms with Gasteiger partial charge in [-0.3, -0.25) is 4.40 Å². The number of fused-ring (bicyclic) bond motifs is 1. The zero-order valence-corrected chi connectivity index (χ0v) is 21.4. The normalized spacial score (nSPS) is 24.3. The van der Waals surface area contributed by atoms with E-state index in [0.717, 1.165) is 71.2 Å². The van der Waals surface area contributed by atoms with Crippen molar-refractivity contribution < 1.29 is 0 Å². The Labute approximate surface area is 209 Å². The first-order valence-electron chi connectivity index (χ1n) is 12.4. The molecule has 3 aromatic heterocycles. The van der Waals surface area contributed by atoms with E-state index >= 15 is 0 Å². The van der Waals surface area contributed by atoms with Gasteiger partial charge in [-0.05, 0) is 62.8 Å². The lowest BCUT2D eigenvalue weighted by Gasteiger charge is -2.42. The second-order valence-corrected chi connectivity index (χ2v) is 11.9. The number of nitrogens with one attached hydrogen (secondary N) is 1. The van der Waals surface area contributed by atoms with Crippen LogP contribution in [0.4, 0.5) is 11.8 Å². The van der Waals surface area contributed by atoms with Crippen molar-refractivity contribution in [1.82, 2.24) is 19.4 Å². The molecular weight excluding hydrogens is 466 g/mol. The largest absolute Gasteiger partial charge is 0.366 e.